The van der Waals surface area contributed by atoms with Crippen LogP contribution in [-0.2, 0) is 19.1 Å². The number of terminal acetylenes is 1. The third kappa shape index (κ3) is 7.88. The Balaban J connectivity index is 1.26. The molecule has 0 unspecified atom stereocenters. The fourth-order valence-electron chi connectivity index (χ4n) is 7.13. The van der Waals surface area contributed by atoms with Crippen molar-refractivity contribution in [2.24, 2.45) is 5.92 Å². The van der Waals surface area contributed by atoms with Crippen LogP contribution in [0.25, 0.3) is 10.9 Å². The molecule has 3 fully saturated rings. The number of fused-ring (bicyclic) bond motifs is 3. The molecule has 1 aromatic carbocycles. The molecule has 4 aliphatic rings. The number of pyridine rings is 1. The van der Waals surface area contributed by atoms with Crippen LogP contribution in [0.3, 0.4) is 0 Å². The maximum atomic E-state index is 14.1. The van der Waals surface area contributed by atoms with E-state index in [1.807, 2.05) is 12.2 Å². The van der Waals surface area contributed by atoms with Gasteiger partial charge in [0.1, 0.15) is 29.5 Å². The minimum absolute atomic E-state index is 0.0265. The van der Waals surface area contributed by atoms with E-state index < -0.39 is 41.7 Å². The molecular formula is C36H41ClN4O8. The van der Waals surface area contributed by atoms with Crippen LogP contribution in [0.2, 0.25) is 5.02 Å². The summed E-state index contributed by atoms with van der Waals surface area (Å²) in [4.78, 5) is 59.1. The Morgan fingerprint density at radius 3 is 2.73 bits per heavy atom. The summed E-state index contributed by atoms with van der Waals surface area (Å²) in [6.45, 7) is 0.0196. The highest BCUT2D eigenvalue weighted by atomic mass is 35.5. The van der Waals surface area contributed by atoms with Crippen LogP contribution in [-0.4, -0.2) is 81.8 Å². The van der Waals surface area contributed by atoms with Gasteiger partial charge in [-0.15, -0.1) is 6.42 Å². The number of nitrogens with zero attached hydrogens (tertiary/aromatic N) is 2. The van der Waals surface area contributed by atoms with Crippen LogP contribution in [0.15, 0.2) is 36.4 Å². The van der Waals surface area contributed by atoms with E-state index in [0.717, 1.165) is 38.5 Å². The average molecular weight is 693 g/mol. The van der Waals surface area contributed by atoms with Gasteiger partial charge in [-0.25, -0.2) is 14.6 Å². The van der Waals surface area contributed by atoms with Crippen molar-refractivity contribution < 1.29 is 38.5 Å². The van der Waals surface area contributed by atoms with Crippen LogP contribution >= 0.6 is 11.6 Å². The number of amides is 3. The summed E-state index contributed by atoms with van der Waals surface area (Å²) in [5, 5.41) is 16.8. The first kappa shape index (κ1) is 34.4. The Morgan fingerprint density at radius 2 is 1.96 bits per heavy atom. The molecule has 2 aromatic rings. The molecule has 1 saturated heterocycles. The van der Waals surface area contributed by atoms with Gasteiger partial charge in [0, 0.05) is 36.3 Å². The molecule has 2 saturated carbocycles. The number of carboxylic acid groups (broad SMARTS) is 1. The van der Waals surface area contributed by atoms with Crippen LogP contribution in [0, 0.1) is 18.3 Å². The summed E-state index contributed by atoms with van der Waals surface area (Å²) >= 11 is 6.46. The van der Waals surface area contributed by atoms with Gasteiger partial charge >= 0.3 is 12.1 Å². The summed E-state index contributed by atoms with van der Waals surface area (Å²) < 4.78 is 17.7. The second-order valence-electron chi connectivity index (χ2n) is 13.3. The highest BCUT2D eigenvalue weighted by Gasteiger charge is 2.61. The van der Waals surface area contributed by atoms with Crippen LogP contribution < -0.4 is 20.1 Å². The van der Waals surface area contributed by atoms with E-state index in [-0.39, 0.29) is 56.2 Å². The van der Waals surface area contributed by atoms with Gasteiger partial charge in [0.15, 0.2) is 6.61 Å². The number of carboxylic acids is 1. The molecule has 5 atom stereocenters. The first-order chi connectivity index (χ1) is 23.7. The molecule has 3 N–H and O–H groups in total. The standard InChI is InChI=1S/C36H41ClN4O8/c1-2-16-47-30-19-29(26-14-9-15-27(37)32(26)39-30)48-25-18-28-33(43)40-36(34(44)45)20-22(36)10-5-3-4-6-11-23(17-31(42)41(28)21-25)38-35(46)49-24-12-7-8-13-24/h1,5,9-10,14-15,19,22-25,28H,3-4,6-8,11-13,16-18,20-21H2,(H,38,46)(H,40,43)(H,44,45)/b10-5-/t22-,23+,25-,28+,36-/m1/s1. The van der Waals surface area contributed by atoms with Gasteiger partial charge in [0.25, 0.3) is 0 Å². The lowest BCUT2D eigenvalue weighted by Gasteiger charge is -2.27. The third-order valence-corrected chi connectivity index (χ3v) is 10.1. The highest BCUT2D eigenvalue weighted by Crippen LogP contribution is 2.45. The fraction of sp³-hybridized carbons (Fsp3) is 0.528. The smallest absolute Gasteiger partial charge is 0.407 e. The average Bonchev–Trinajstić information content (AvgIpc) is 3.35. The molecule has 2 aliphatic heterocycles. The van der Waals surface area contributed by atoms with Crippen molar-refractivity contribution in [2.45, 2.75) is 100 Å². The first-order valence-corrected chi connectivity index (χ1v) is 17.4. The van der Waals surface area contributed by atoms with Crippen LogP contribution in [0.4, 0.5) is 4.79 Å². The van der Waals surface area contributed by atoms with E-state index in [1.54, 1.807) is 24.3 Å². The van der Waals surface area contributed by atoms with Crippen molar-refractivity contribution in [1.82, 2.24) is 20.5 Å². The molecule has 0 spiro atoms. The minimum atomic E-state index is -1.43. The summed E-state index contributed by atoms with van der Waals surface area (Å²) in [7, 11) is 0. The lowest BCUT2D eigenvalue weighted by Crippen LogP contribution is -2.53. The largest absolute Gasteiger partial charge is 0.488 e. The lowest BCUT2D eigenvalue weighted by molar-refractivity contribution is -0.145. The molecule has 12 nitrogen and oxygen atoms in total. The van der Waals surface area contributed by atoms with Crippen molar-refractivity contribution in [1.29, 1.82) is 0 Å². The number of carbonyl (C=O) groups excluding carboxylic acids is 3. The van der Waals surface area contributed by atoms with Crippen LogP contribution in [0.1, 0.15) is 70.6 Å². The number of rotatable bonds is 7. The van der Waals surface area contributed by atoms with Gasteiger partial charge in [-0.1, -0.05) is 42.2 Å². The van der Waals surface area contributed by atoms with Gasteiger partial charge < -0.3 is 34.9 Å². The molecule has 3 heterocycles. The van der Waals surface area contributed by atoms with Gasteiger partial charge in [-0.05, 0) is 63.5 Å². The van der Waals surface area contributed by atoms with Crippen molar-refractivity contribution in [3.05, 3.63) is 41.4 Å². The number of allylic oxidation sites excluding steroid dienone is 1. The number of aromatic nitrogens is 1. The first-order valence-electron chi connectivity index (χ1n) is 17.0. The van der Waals surface area contributed by atoms with Crippen molar-refractivity contribution in [2.75, 3.05) is 13.2 Å². The van der Waals surface area contributed by atoms with E-state index in [2.05, 4.69) is 21.5 Å². The number of carbonyl (C=O) groups is 4. The molecular weight excluding hydrogens is 652 g/mol. The molecule has 13 heteroatoms. The second-order valence-corrected chi connectivity index (χ2v) is 13.7. The topological polar surface area (TPSA) is 156 Å². The quantitative estimate of drug-likeness (QED) is 0.275. The number of halogens is 1. The minimum Gasteiger partial charge on any atom is -0.488 e. The number of aliphatic carboxylic acids is 1. The Kier molecular flexibility index (Phi) is 10.5. The zero-order valence-corrected chi connectivity index (χ0v) is 28.0. The number of para-hydroxylation sites is 1. The predicted octanol–water partition coefficient (Wildman–Crippen LogP) is 4.77. The van der Waals surface area contributed by atoms with Crippen molar-refractivity contribution in [3.8, 4) is 24.0 Å². The van der Waals surface area contributed by atoms with E-state index in [0.29, 0.717) is 34.5 Å². The Morgan fingerprint density at radius 1 is 1.16 bits per heavy atom. The number of hydrogen-bond donors (Lipinski definition) is 3. The molecule has 0 radical (unpaired) electrons. The number of hydrogen-bond acceptors (Lipinski definition) is 8. The number of ether oxygens (including phenoxy) is 3. The molecule has 260 valence electrons. The van der Waals surface area contributed by atoms with E-state index >= 15 is 0 Å². The monoisotopic (exact) mass is 692 g/mol. The summed E-state index contributed by atoms with van der Waals surface area (Å²) in [5.41, 5.74) is -0.999. The SMILES string of the molecule is C#CCOc1cc(O[C@@H]2C[C@H]3C(=O)N[C@]4(C(=O)O)C[C@H]4/C=C\CCCC[C@H](NC(=O)OC4CCCC4)CC(=O)N3C2)c2cccc(Cl)c2n1. The molecule has 2 aliphatic carbocycles. The van der Waals surface area contributed by atoms with Gasteiger partial charge in [0.05, 0.1) is 17.1 Å². The predicted molar refractivity (Wildman–Crippen MR) is 180 cm³/mol. The number of benzene rings is 1. The molecule has 0 bridgehead atoms. The lowest BCUT2D eigenvalue weighted by atomic mass is 10.0. The van der Waals surface area contributed by atoms with Gasteiger partial charge in [-0.3, -0.25) is 9.59 Å². The molecule has 6 rings (SSSR count). The van der Waals surface area contributed by atoms with Crippen molar-refractivity contribution in [3.63, 3.8) is 0 Å². The zero-order valence-electron chi connectivity index (χ0n) is 27.2. The molecule has 1 aromatic heterocycles. The highest BCUT2D eigenvalue weighted by molar-refractivity contribution is 6.35. The number of alkyl carbamates (subject to hydrolysis) is 1. The Hall–Kier alpha value is -4.50. The molecule has 3 amide bonds. The maximum absolute atomic E-state index is 14.1. The van der Waals surface area contributed by atoms with Crippen LogP contribution in [0.5, 0.6) is 11.6 Å². The fourth-order valence-corrected chi connectivity index (χ4v) is 7.34. The van der Waals surface area contributed by atoms with E-state index in [4.69, 9.17) is 32.2 Å². The third-order valence-electron chi connectivity index (χ3n) is 9.81. The maximum Gasteiger partial charge on any atom is 0.407 e. The summed E-state index contributed by atoms with van der Waals surface area (Å²) in [6.07, 6.45) is 14.6. The normalized spacial score (nSPS) is 28.2. The Labute approximate surface area is 289 Å². The molecule has 49 heavy (non-hydrogen) atoms. The summed E-state index contributed by atoms with van der Waals surface area (Å²) in [5.74, 6) is 0.578. The second kappa shape index (κ2) is 14.9. The van der Waals surface area contributed by atoms with Gasteiger partial charge in [-0.2, -0.15) is 0 Å². The van der Waals surface area contributed by atoms with Gasteiger partial charge in [0.2, 0.25) is 17.7 Å². The number of nitrogens with one attached hydrogen (secondary N) is 2. The van der Waals surface area contributed by atoms with E-state index in [9.17, 15) is 24.3 Å². The van der Waals surface area contributed by atoms with Crippen molar-refractivity contribution >= 4 is 46.4 Å². The Bertz CT molecular complexity index is 1670. The summed E-state index contributed by atoms with van der Waals surface area (Å²) in [6, 6.07) is 5.30. The van der Waals surface area contributed by atoms with E-state index in [1.165, 1.54) is 4.90 Å². The zero-order chi connectivity index (χ0) is 34.5.